The molecule has 1 amide bonds. The number of amides is 1. The molecule has 0 aromatic carbocycles. The number of nitrogens with zero attached hydrogens (tertiary/aromatic N) is 1. The molecule has 0 spiro atoms. The van der Waals surface area contributed by atoms with Crippen molar-refractivity contribution in [3.63, 3.8) is 0 Å². The number of carboxylic acids is 1. The number of ether oxygens (including phenoxy) is 2. The highest BCUT2D eigenvalue weighted by atomic mass is 32.1. The second-order valence-corrected chi connectivity index (χ2v) is 12.4. The van der Waals surface area contributed by atoms with E-state index in [-0.39, 0.29) is 34.4 Å². The number of carbonyl (C=O) groups excluding carboxylic acids is 1. The second-order valence-electron chi connectivity index (χ2n) is 11.3. The third kappa shape index (κ3) is 5.98. The lowest BCUT2D eigenvalue weighted by Gasteiger charge is -2.40. The van der Waals surface area contributed by atoms with Crippen molar-refractivity contribution >= 4 is 28.9 Å². The van der Waals surface area contributed by atoms with Gasteiger partial charge in [0.25, 0.3) is 0 Å². The van der Waals surface area contributed by atoms with Crippen LogP contribution in [0.4, 0.5) is 5.69 Å². The van der Waals surface area contributed by atoms with E-state index in [9.17, 15) is 19.8 Å². The van der Waals surface area contributed by atoms with Gasteiger partial charge in [0.2, 0.25) is 5.91 Å². The van der Waals surface area contributed by atoms with Crippen molar-refractivity contribution in [2.24, 2.45) is 5.92 Å². The van der Waals surface area contributed by atoms with E-state index < -0.39 is 18.0 Å². The quantitative estimate of drug-likeness (QED) is 0.533. The fraction of sp³-hybridized carbons (Fsp3) is 0.704. The monoisotopic (exact) mass is 505 g/mol. The average molecular weight is 506 g/mol. The minimum absolute atomic E-state index is 0.123. The van der Waals surface area contributed by atoms with Gasteiger partial charge < -0.3 is 24.6 Å². The van der Waals surface area contributed by atoms with Gasteiger partial charge in [-0.15, -0.1) is 11.3 Å². The van der Waals surface area contributed by atoms with Crippen molar-refractivity contribution in [2.45, 2.75) is 102 Å². The molecule has 2 heterocycles. The zero-order valence-electron chi connectivity index (χ0n) is 21.3. The molecule has 1 saturated carbocycles. The molecule has 2 fully saturated rings. The average Bonchev–Trinajstić information content (AvgIpc) is 3.45. The Labute approximate surface area is 212 Å². The van der Waals surface area contributed by atoms with Crippen LogP contribution in [0.1, 0.15) is 87.2 Å². The van der Waals surface area contributed by atoms with Crippen molar-refractivity contribution in [1.29, 1.82) is 0 Å². The van der Waals surface area contributed by atoms with Crippen LogP contribution in [0.3, 0.4) is 0 Å². The van der Waals surface area contributed by atoms with E-state index in [1.54, 1.807) is 4.90 Å². The molecule has 35 heavy (non-hydrogen) atoms. The zero-order chi connectivity index (χ0) is 25.3. The van der Waals surface area contributed by atoms with E-state index in [1.807, 2.05) is 39.8 Å². The topological polar surface area (TPSA) is 96.3 Å². The third-order valence-electron chi connectivity index (χ3n) is 7.46. The fourth-order valence-corrected chi connectivity index (χ4v) is 6.44. The molecule has 1 aliphatic heterocycles. The van der Waals surface area contributed by atoms with Gasteiger partial charge in [0.15, 0.2) is 0 Å². The van der Waals surface area contributed by atoms with Crippen molar-refractivity contribution in [3.8, 4) is 0 Å². The first-order valence-corrected chi connectivity index (χ1v) is 13.6. The van der Waals surface area contributed by atoms with E-state index in [4.69, 9.17) is 9.47 Å². The summed E-state index contributed by atoms with van der Waals surface area (Å²) in [6.07, 6.45) is 6.51. The van der Waals surface area contributed by atoms with Crippen LogP contribution in [0.5, 0.6) is 0 Å². The van der Waals surface area contributed by atoms with Crippen LogP contribution in [0.15, 0.2) is 17.7 Å². The van der Waals surface area contributed by atoms with E-state index >= 15 is 0 Å². The van der Waals surface area contributed by atoms with Crippen molar-refractivity contribution in [2.75, 3.05) is 18.1 Å². The van der Waals surface area contributed by atoms with Gasteiger partial charge in [-0.25, -0.2) is 4.79 Å². The third-order valence-corrected chi connectivity index (χ3v) is 9.00. The van der Waals surface area contributed by atoms with Crippen LogP contribution in [0, 0.1) is 5.92 Å². The molecule has 2 aliphatic carbocycles. The molecule has 7 nitrogen and oxygen atoms in total. The van der Waals surface area contributed by atoms with Gasteiger partial charge >= 0.3 is 5.97 Å². The second kappa shape index (κ2) is 10.7. The maximum atomic E-state index is 14.0. The number of anilines is 1. The van der Waals surface area contributed by atoms with E-state index in [0.717, 1.165) is 49.2 Å². The number of hydrogen-bond donors (Lipinski definition) is 2. The zero-order valence-corrected chi connectivity index (χ0v) is 22.1. The maximum absolute atomic E-state index is 14.0. The van der Waals surface area contributed by atoms with Crippen LogP contribution in [0.25, 0.3) is 0 Å². The lowest BCUT2D eigenvalue weighted by atomic mass is 9.84. The first kappa shape index (κ1) is 26.3. The Hall–Kier alpha value is -1.74. The molecular weight excluding hydrogens is 466 g/mol. The highest BCUT2D eigenvalue weighted by Gasteiger charge is 2.40. The summed E-state index contributed by atoms with van der Waals surface area (Å²) in [5.74, 6) is -1.75. The van der Waals surface area contributed by atoms with Crippen LogP contribution >= 0.6 is 11.3 Å². The fourth-order valence-electron chi connectivity index (χ4n) is 5.40. The minimum Gasteiger partial charge on any atom is -0.477 e. The van der Waals surface area contributed by atoms with Gasteiger partial charge in [0.05, 0.1) is 36.5 Å². The number of aliphatic hydroxyl groups excluding tert-OH is 1. The van der Waals surface area contributed by atoms with Gasteiger partial charge in [-0.05, 0) is 63.4 Å². The van der Waals surface area contributed by atoms with Gasteiger partial charge in [0.1, 0.15) is 4.88 Å². The van der Waals surface area contributed by atoms with Gasteiger partial charge in [-0.3, -0.25) is 4.79 Å². The van der Waals surface area contributed by atoms with Gasteiger partial charge in [-0.2, -0.15) is 0 Å². The molecule has 3 aliphatic rings. The van der Waals surface area contributed by atoms with Crippen molar-refractivity contribution in [3.05, 3.63) is 27.5 Å². The highest BCUT2D eigenvalue weighted by Crippen LogP contribution is 2.41. The summed E-state index contributed by atoms with van der Waals surface area (Å²) in [5.41, 5.74) is 1.32. The van der Waals surface area contributed by atoms with Crippen LogP contribution < -0.4 is 4.90 Å². The minimum atomic E-state index is -1.02. The lowest BCUT2D eigenvalue weighted by molar-refractivity contribution is -0.127. The molecule has 1 saturated heterocycles. The Morgan fingerprint density at radius 3 is 2.43 bits per heavy atom. The van der Waals surface area contributed by atoms with Crippen LogP contribution in [0.2, 0.25) is 0 Å². The molecule has 4 rings (SSSR count). The summed E-state index contributed by atoms with van der Waals surface area (Å²) < 4.78 is 11.7. The number of thiophene rings is 1. The summed E-state index contributed by atoms with van der Waals surface area (Å²) in [6.45, 7) is 9.50. The number of aliphatic hydroxyl groups is 1. The maximum Gasteiger partial charge on any atom is 0.348 e. The summed E-state index contributed by atoms with van der Waals surface area (Å²) in [7, 11) is 0. The predicted octanol–water partition coefficient (Wildman–Crippen LogP) is 4.91. The normalized spacial score (nSPS) is 29.6. The van der Waals surface area contributed by atoms with Gasteiger partial charge in [-0.1, -0.05) is 32.4 Å². The molecule has 0 bridgehead atoms. The highest BCUT2D eigenvalue weighted by molar-refractivity contribution is 7.14. The van der Waals surface area contributed by atoms with Crippen LogP contribution in [-0.2, 0) is 19.7 Å². The summed E-state index contributed by atoms with van der Waals surface area (Å²) >= 11 is 1.25. The predicted molar refractivity (Wildman–Crippen MR) is 136 cm³/mol. The Bertz CT molecular complexity index is 949. The smallest absolute Gasteiger partial charge is 0.348 e. The van der Waals surface area contributed by atoms with Crippen molar-refractivity contribution < 1.29 is 29.3 Å². The first-order valence-electron chi connectivity index (χ1n) is 12.8. The van der Waals surface area contributed by atoms with E-state index in [0.29, 0.717) is 25.1 Å². The molecular formula is C27H39NO6S. The Morgan fingerprint density at radius 2 is 1.86 bits per heavy atom. The standard InChI is InChI=1S/C27H39NO6S/c1-16-5-10-20(22(29)13-16)25(30)28(21-14-23(27(2,3)4)35-24(21)26(31)32)17-6-8-18(9-7-17)34-19-11-12-33-15-19/h5,14,17-20,22,29H,6-13,15H2,1-4H3,(H,31,32)/t17-,18+,19?,20-,22+/m1/s1. The van der Waals surface area contributed by atoms with Gasteiger partial charge in [0, 0.05) is 17.5 Å². The van der Waals surface area contributed by atoms with E-state index in [1.165, 1.54) is 11.3 Å². The molecule has 1 aromatic rings. The summed E-state index contributed by atoms with van der Waals surface area (Å²) in [5, 5.41) is 20.8. The number of allylic oxidation sites excluding steroid dienone is 1. The Morgan fingerprint density at radius 1 is 1.14 bits per heavy atom. The SMILES string of the molecule is CC1=CC[C@@H](C(=O)N(c2cc(C(C)(C)C)sc2C(=O)O)[C@H]2CC[C@@H](OC3CCOC3)CC2)[C@@H](O)C1. The first-order chi connectivity index (χ1) is 16.5. The molecule has 1 unspecified atom stereocenters. The molecule has 1 aromatic heterocycles. The molecule has 3 atom stereocenters. The summed E-state index contributed by atoms with van der Waals surface area (Å²) in [6, 6.07) is 1.77. The molecule has 194 valence electrons. The number of rotatable bonds is 6. The number of carboxylic acid groups (broad SMARTS) is 1. The largest absolute Gasteiger partial charge is 0.477 e. The van der Waals surface area contributed by atoms with Crippen LogP contribution in [-0.4, -0.2) is 59.7 Å². The lowest BCUT2D eigenvalue weighted by Crippen LogP contribution is -2.49. The summed E-state index contributed by atoms with van der Waals surface area (Å²) in [4.78, 5) is 29.1. The molecule has 0 radical (unpaired) electrons. The molecule has 2 N–H and O–H groups in total. The Balaban J connectivity index is 1.63. The van der Waals surface area contributed by atoms with Crippen molar-refractivity contribution in [1.82, 2.24) is 0 Å². The number of aromatic carboxylic acids is 1. The number of hydrogen-bond acceptors (Lipinski definition) is 6. The molecule has 8 heteroatoms. The number of carbonyl (C=O) groups is 2. The Kier molecular flexibility index (Phi) is 8.05. The van der Waals surface area contributed by atoms with E-state index in [2.05, 4.69) is 0 Å².